The molecule has 0 heterocycles. The highest BCUT2D eigenvalue weighted by Gasteiger charge is 2.20. The number of hydrogen-bond acceptors (Lipinski definition) is 3. The molecule has 0 bridgehead atoms. The number of halogens is 3. The zero-order valence-electron chi connectivity index (χ0n) is 4.63. The van der Waals surface area contributed by atoms with Crippen LogP contribution >= 0.6 is 40.2 Å². The summed E-state index contributed by atoms with van der Waals surface area (Å²) in [5.41, 5.74) is 0. The zero-order chi connectivity index (χ0) is 8.20. The molecule has 0 rings (SSSR count). The van der Waals surface area contributed by atoms with E-state index in [2.05, 4.69) is 4.52 Å². The molecule has 0 fully saturated rings. The molecule has 0 aliphatic carbocycles. The van der Waals surface area contributed by atoms with Crippen molar-refractivity contribution in [2.45, 2.75) is 6.10 Å². The summed E-state index contributed by atoms with van der Waals surface area (Å²) >= 11 is 15.1. The van der Waals surface area contributed by atoms with Gasteiger partial charge in [0, 0.05) is 0 Å². The van der Waals surface area contributed by atoms with E-state index in [4.69, 9.17) is 39.3 Å². The second-order valence-corrected chi connectivity index (χ2v) is 5.83. The first-order chi connectivity index (χ1) is 4.49. The number of nitriles is 1. The molecule has 0 saturated carbocycles. The van der Waals surface area contributed by atoms with E-state index in [9.17, 15) is 4.57 Å². The Morgan fingerprint density at radius 2 is 2.20 bits per heavy atom. The van der Waals surface area contributed by atoms with Crippen LogP contribution in [0.15, 0.2) is 0 Å². The number of alkyl halides is 1. The van der Waals surface area contributed by atoms with Gasteiger partial charge in [0.15, 0.2) is 6.10 Å². The minimum atomic E-state index is -3.62. The van der Waals surface area contributed by atoms with Gasteiger partial charge in [-0.25, -0.2) is 0 Å². The molecule has 0 aliphatic heterocycles. The van der Waals surface area contributed by atoms with Crippen LogP contribution in [0.5, 0.6) is 0 Å². The quantitative estimate of drug-likeness (QED) is 0.545. The molecule has 7 heteroatoms. The maximum Gasteiger partial charge on any atom is 0.381 e. The number of nitrogens with zero attached hydrogens (tertiary/aromatic N) is 1. The maximum absolute atomic E-state index is 10.4. The van der Waals surface area contributed by atoms with Gasteiger partial charge >= 0.3 is 6.07 Å². The van der Waals surface area contributed by atoms with E-state index < -0.39 is 12.2 Å². The van der Waals surface area contributed by atoms with Crippen LogP contribution in [-0.2, 0) is 9.09 Å². The first-order valence-corrected chi connectivity index (χ1v) is 6.10. The van der Waals surface area contributed by atoms with Crippen LogP contribution in [0, 0.1) is 11.3 Å². The van der Waals surface area contributed by atoms with E-state index in [1.54, 1.807) is 6.07 Å². The summed E-state index contributed by atoms with van der Waals surface area (Å²) in [6.07, 6.45) is -4.63. The molecule has 0 spiro atoms. The van der Waals surface area contributed by atoms with Crippen molar-refractivity contribution in [1.82, 2.24) is 0 Å². The molecule has 58 valence electrons. The molecule has 0 saturated heterocycles. The van der Waals surface area contributed by atoms with Crippen molar-refractivity contribution in [2.24, 2.45) is 0 Å². The predicted molar refractivity (Wildman–Crippen MR) is 40.5 cm³/mol. The fraction of sp³-hybridized carbons (Fsp3) is 0.667. The summed E-state index contributed by atoms with van der Waals surface area (Å²) in [5, 5.41) is 8.19. The van der Waals surface area contributed by atoms with E-state index in [0.29, 0.717) is 0 Å². The third kappa shape index (κ3) is 5.34. The minimum Gasteiger partial charge on any atom is -0.286 e. The highest BCUT2D eigenvalue weighted by Crippen LogP contribution is 2.58. The van der Waals surface area contributed by atoms with E-state index in [1.165, 1.54) is 0 Å². The summed E-state index contributed by atoms with van der Waals surface area (Å²) in [7, 11) is 0. The van der Waals surface area contributed by atoms with Gasteiger partial charge in [-0.1, -0.05) is 0 Å². The summed E-state index contributed by atoms with van der Waals surface area (Å²) in [6.45, 7) is 0. The van der Waals surface area contributed by atoms with Crippen molar-refractivity contribution in [2.75, 3.05) is 5.88 Å². The second kappa shape index (κ2) is 4.43. The zero-order valence-corrected chi connectivity index (χ0v) is 7.79. The molecule has 0 aromatic carbocycles. The fourth-order valence-electron chi connectivity index (χ4n) is 0.234. The minimum absolute atomic E-state index is 0.111. The van der Waals surface area contributed by atoms with Gasteiger partial charge in [-0.15, -0.1) is 11.6 Å². The van der Waals surface area contributed by atoms with Gasteiger partial charge in [0.25, 0.3) is 0 Å². The largest absolute Gasteiger partial charge is 0.381 e. The van der Waals surface area contributed by atoms with Crippen LogP contribution in [0.4, 0.5) is 0 Å². The molecule has 0 radical (unpaired) electrons. The van der Waals surface area contributed by atoms with Crippen molar-refractivity contribution in [1.29, 1.82) is 5.26 Å². The normalized spacial score (nSPS) is 14.2. The smallest absolute Gasteiger partial charge is 0.286 e. The lowest BCUT2D eigenvalue weighted by atomic mass is 10.5. The first kappa shape index (κ1) is 10.6. The van der Waals surface area contributed by atoms with E-state index >= 15 is 0 Å². The average Bonchev–Trinajstić information content (AvgIpc) is 1.81. The van der Waals surface area contributed by atoms with Crippen LogP contribution in [0.2, 0.25) is 0 Å². The van der Waals surface area contributed by atoms with E-state index in [0.717, 1.165) is 0 Å². The fourth-order valence-corrected chi connectivity index (χ4v) is 1.45. The van der Waals surface area contributed by atoms with Crippen molar-refractivity contribution < 1.29 is 9.09 Å². The Labute approximate surface area is 72.8 Å². The molecule has 0 aliphatic rings. The lowest BCUT2D eigenvalue weighted by Crippen LogP contribution is -2.07. The topological polar surface area (TPSA) is 50.1 Å². The van der Waals surface area contributed by atoms with Crippen molar-refractivity contribution >= 4 is 40.2 Å². The van der Waals surface area contributed by atoms with Crippen LogP contribution < -0.4 is 0 Å². The maximum atomic E-state index is 10.4. The van der Waals surface area contributed by atoms with E-state index in [-0.39, 0.29) is 5.88 Å². The number of hydrogen-bond donors (Lipinski definition) is 0. The Balaban J connectivity index is 3.91. The average molecular weight is 222 g/mol. The summed E-state index contributed by atoms with van der Waals surface area (Å²) in [4.78, 5) is 0. The van der Waals surface area contributed by atoms with Crippen molar-refractivity contribution in [3.05, 3.63) is 0 Å². The van der Waals surface area contributed by atoms with Crippen LogP contribution in [0.3, 0.4) is 0 Å². The lowest BCUT2D eigenvalue weighted by Gasteiger charge is -2.05. The van der Waals surface area contributed by atoms with Gasteiger partial charge in [0.05, 0.1) is 11.9 Å². The molecule has 0 amide bonds. The summed E-state index contributed by atoms with van der Waals surface area (Å²) in [5.74, 6) is -0.111. The van der Waals surface area contributed by atoms with Gasteiger partial charge in [0.2, 0.25) is 0 Å². The van der Waals surface area contributed by atoms with Gasteiger partial charge in [-0.2, -0.15) is 5.26 Å². The molecular weight excluding hydrogens is 219 g/mol. The molecule has 0 aromatic heterocycles. The van der Waals surface area contributed by atoms with Crippen LogP contribution in [0.1, 0.15) is 0 Å². The molecule has 0 aromatic rings. The van der Waals surface area contributed by atoms with Crippen LogP contribution in [-0.4, -0.2) is 12.0 Å². The standard InChI is InChI=1S/C3H3Cl3NO2P/c4-1-3(2-7)9-10(5,6)8/h3H,1H2. The Morgan fingerprint density at radius 3 is 2.30 bits per heavy atom. The first-order valence-electron chi connectivity index (χ1n) is 2.13. The van der Waals surface area contributed by atoms with Crippen molar-refractivity contribution in [3.63, 3.8) is 0 Å². The SMILES string of the molecule is N#CC(CCl)OP(=O)(Cl)Cl. The molecule has 0 N–H and O–H groups in total. The van der Waals surface area contributed by atoms with Gasteiger partial charge < -0.3 is 0 Å². The molecular formula is C3H3Cl3NO2P. The van der Waals surface area contributed by atoms with Gasteiger partial charge in [-0.3, -0.25) is 9.09 Å². The highest BCUT2D eigenvalue weighted by atomic mass is 35.9. The number of rotatable bonds is 3. The molecule has 1 unspecified atom stereocenters. The summed E-state index contributed by atoms with van der Waals surface area (Å²) < 4.78 is 14.8. The monoisotopic (exact) mass is 221 g/mol. The van der Waals surface area contributed by atoms with Crippen LogP contribution in [0.25, 0.3) is 0 Å². The Kier molecular flexibility index (Phi) is 4.68. The molecule has 1 atom stereocenters. The third-order valence-electron chi connectivity index (χ3n) is 0.534. The molecule has 10 heavy (non-hydrogen) atoms. The Bertz CT molecular complexity index is 185. The van der Waals surface area contributed by atoms with Gasteiger partial charge in [-0.05, 0) is 22.5 Å². The van der Waals surface area contributed by atoms with E-state index in [1.807, 2.05) is 0 Å². The highest BCUT2D eigenvalue weighted by molar-refractivity contribution is 8.05. The third-order valence-corrected chi connectivity index (χ3v) is 1.79. The Hall–Kier alpha value is 0.550. The lowest BCUT2D eigenvalue weighted by molar-refractivity contribution is 0.297. The molecule has 3 nitrogen and oxygen atoms in total. The predicted octanol–water partition coefficient (Wildman–Crippen LogP) is 2.72. The Morgan fingerprint density at radius 1 is 1.70 bits per heavy atom. The van der Waals surface area contributed by atoms with Gasteiger partial charge in [0.1, 0.15) is 0 Å². The summed E-state index contributed by atoms with van der Waals surface area (Å²) in [6, 6.07) is 1.61. The van der Waals surface area contributed by atoms with Crippen molar-refractivity contribution in [3.8, 4) is 6.07 Å². The second-order valence-electron chi connectivity index (χ2n) is 1.29.